The van der Waals surface area contributed by atoms with E-state index in [2.05, 4.69) is 20.0 Å². The molecule has 0 saturated carbocycles. The Morgan fingerprint density at radius 1 is 1.24 bits per heavy atom. The van der Waals surface area contributed by atoms with Gasteiger partial charge in [0.05, 0.1) is 25.2 Å². The van der Waals surface area contributed by atoms with Crippen molar-refractivity contribution in [2.75, 3.05) is 30.8 Å². The Labute approximate surface area is 166 Å². The number of hydrogen-bond donors (Lipinski definition) is 1. The van der Waals surface area contributed by atoms with Gasteiger partial charge in [-0.05, 0) is 25.0 Å². The summed E-state index contributed by atoms with van der Waals surface area (Å²) in [6.07, 6.45) is 4.80. The second-order valence-electron chi connectivity index (χ2n) is 7.18. The first-order valence-corrected chi connectivity index (χ1v) is 9.48. The maximum atomic E-state index is 13.6. The van der Waals surface area contributed by atoms with Crippen LogP contribution in [0.4, 0.5) is 16.0 Å². The summed E-state index contributed by atoms with van der Waals surface area (Å²) in [6, 6.07) is 7.18. The first-order valence-electron chi connectivity index (χ1n) is 9.48. The standard InChI is InChI=1S/C20H20FN7O/c1-29-16-6-2-5-15-17(16)24-20(22)28-19(15)25-18(26-28)12-4-3-7-27(11-12)14-8-13(21)9-23-10-14/h2,5-6,8-10,12H,3-4,7,11H2,1H3,(H2,22,24)/t12-/m1/s1. The van der Waals surface area contributed by atoms with E-state index in [0.717, 1.165) is 30.5 Å². The minimum atomic E-state index is -0.338. The van der Waals surface area contributed by atoms with Gasteiger partial charge < -0.3 is 15.4 Å². The smallest absolute Gasteiger partial charge is 0.223 e. The summed E-state index contributed by atoms with van der Waals surface area (Å²) in [6.45, 7) is 1.54. The number of anilines is 2. The maximum absolute atomic E-state index is 13.6. The quantitative estimate of drug-likeness (QED) is 0.572. The first kappa shape index (κ1) is 17.6. The Balaban J connectivity index is 1.55. The number of fused-ring (bicyclic) bond motifs is 3. The van der Waals surface area contributed by atoms with Crippen LogP contribution < -0.4 is 15.4 Å². The van der Waals surface area contributed by atoms with E-state index in [1.807, 2.05) is 18.2 Å². The fourth-order valence-corrected chi connectivity index (χ4v) is 3.98. The fourth-order valence-electron chi connectivity index (χ4n) is 3.98. The molecule has 4 heterocycles. The second-order valence-corrected chi connectivity index (χ2v) is 7.18. The van der Waals surface area contributed by atoms with Crippen LogP contribution in [0.1, 0.15) is 24.6 Å². The molecule has 29 heavy (non-hydrogen) atoms. The summed E-state index contributed by atoms with van der Waals surface area (Å²) in [7, 11) is 1.60. The van der Waals surface area contributed by atoms with Crippen LogP contribution >= 0.6 is 0 Å². The lowest BCUT2D eigenvalue weighted by atomic mass is 9.97. The van der Waals surface area contributed by atoms with E-state index in [4.69, 9.17) is 15.5 Å². The largest absolute Gasteiger partial charge is 0.494 e. The number of piperidine rings is 1. The number of pyridine rings is 1. The summed E-state index contributed by atoms with van der Waals surface area (Å²) in [4.78, 5) is 15.4. The fraction of sp³-hybridized carbons (Fsp3) is 0.300. The van der Waals surface area contributed by atoms with E-state index < -0.39 is 0 Å². The zero-order valence-corrected chi connectivity index (χ0v) is 15.9. The lowest BCUT2D eigenvalue weighted by Crippen LogP contribution is -2.34. The molecule has 0 amide bonds. The number of benzene rings is 1. The van der Waals surface area contributed by atoms with Gasteiger partial charge in [0.1, 0.15) is 17.1 Å². The van der Waals surface area contributed by atoms with Gasteiger partial charge in [-0.1, -0.05) is 6.07 Å². The first-order chi connectivity index (χ1) is 14.1. The van der Waals surface area contributed by atoms with Crippen molar-refractivity contribution >= 4 is 28.2 Å². The highest BCUT2D eigenvalue weighted by molar-refractivity contribution is 5.95. The molecule has 1 fully saturated rings. The SMILES string of the molecule is COc1cccc2c1nc(N)n1nc([C@@H]3CCCN(c4cncc(F)c4)C3)nc21. The molecule has 2 N–H and O–H groups in total. The number of nitrogens with two attached hydrogens (primary N) is 1. The van der Waals surface area contributed by atoms with Crippen LogP contribution in [0.5, 0.6) is 5.75 Å². The summed E-state index contributed by atoms with van der Waals surface area (Å²) in [5.41, 5.74) is 8.25. The molecular formula is C20H20FN7O. The number of hydrogen-bond acceptors (Lipinski definition) is 7. The van der Waals surface area contributed by atoms with Gasteiger partial charge >= 0.3 is 0 Å². The van der Waals surface area contributed by atoms with Crippen molar-refractivity contribution in [3.05, 3.63) is 48.3 Å². The topological polar surface area (TPSA) is 94.5 Å². The van der Waals surface area contributed by atoms with Crippen molar-refractivity contribution < 1.29 is 9.13 Å². The van der Waals surface area contributed by atoms with E-state index in [0.29, 0.717) is 29.3 Å². The summed E-state index contributed by atoms with van der Waals surface area (Å²) in [5, 5.41) is 5.48. The summed E-state index contributed by atoms with van der Waals surface area (Å²) < 4.78 is 20.6. The van der Waals surface area contributed by atoms with Gasteiger partial charge in [0, 0.05) is 30.5 Å². The highest BCUT2D eigenvalue weighted by atomic mass is 19.1. The zero-order valence-electron chi connectivity index (χ0n) is 15.9. The Kier molecular flexibility index (Phi) is 4.15. The highest BCUT2D eigenvalue weighted by Gasteiger charge is 2.26. The van der Waals surface area contributed by atoms with Crippen LogP contribution in [0, 0.1) is 5.82 Å². The number of halogens is 1. The van der Waals surface area contributed by atoms with Gasteiger partial charge in [-0.3, -0.25) is 4.98 Å². The lowest BCUT2D eigenvalue weighted by Gasteiger charge is -2.32. The van der Waals surface area contributed by atoms with Crippen LogP contribution in [0.15, 0.2) is 36.7 Å². The van der Waals surface area contributed by atoms with Crippen molar-refractivity contribution in [1.82, 2.24) is 24.6 Å². The average molecular weight is 393 g/mol. The minimum Gasteiger partial charge on any atom is -0.494 e. The molecule has 4 aromatic rings. The molecule has 1 aliphatic rings. The van der Waals surface area contributed by atoms with E-state index in [1.165, 1.54) is 12.3 Å². The number of ether oxygens (including phenoxy) is 1. The molecule has 8 nitrogen and oxygen atoms in total. The molecule has 0 unspecified atom stereocenters. The summed E-state index contributed by atoms with van der Waals surface area (Å²) >= 11 is 0. The number of aromatic nitrogens is 5. The van der Waals surface area contributed by atoms with E-state index in [-0.39, 0.29) is 17.7 Å². The van der Waals surface area contributed by atoms with Gasteiger partial charge in [-0.15, -0.1) is 5.10 Å². The van der Waals surface area contributed by atoms with Crippen LogP contribution in [0.2, 0.25) is 0 Å². The van der Waals surface area contributed by atoms with E-state index in [1.54, 1.807) is 17.8 Å². The van der Waals surface area contributed by atoms with Crippen molar-refractivity contribution in [1.29, 1.82) is 0 Å². The van der Waals surface area contributed by atoms with Crippen molar-refractivity contribution in [2.45, 2.75) is 18.8 Å². The number of rotatable bonds is 3. The molecule has 1 aromatic carbocycles. The molecule has 148 valence electrons. The molecule has 0 aliphatic carbocycles. The molecule has 5 rings (SSSR count). The Hall–Kier alpha value is -3.49. The van der Waals surface area contributed by atoms with E-state index in [9.17, 15) is 4.39 Å². The maximum Gasteiger partial charge on any atom is 0.223 e. The Bertz CT molecular complexity index is 1210. The van der Waals surface area contributed by atoms with Gasteiger partial charge in [-0.25, -0.2) is 14.4 Å². The molecule has 0 bridgehead atoms. The summed E-state index contributed by atoms with van der Waals surface area (Å²) in [5.74, 6) is 1.38. The normalized spacial score (nSPS) is 17.2. The Morgan fingerprint density at radius 2 is 2.14 bits per heavy atom. The monoisotopic (exact) mass is 393 g/mol. The third-order valence-electron chi connectivity index (χ3n) is 5.37. The molecule has 9 heteroatoms. The molecule has 0 radical (unpaired) electrons. The average Bonchev–Trinajstić information content (AvgIpc) is 3.20. The number of para-hydroxylation sites is 1. The predicted molar refractivity (Wildman–Crippen MR) is 108 cm³/mol. The molecular weight excluding hydrogens is 373 g/mol. The van der Waals surface area contributed by atoms with E-state index >= 15 is 0 Å². The van der Waals surface area contributed by atoms with Gasteiger partial charge in [0.2, 0.25) is 5.95 Å². The third-order valence-corrected chi connectivity index (χ3v) is 5.37. The minimum absolute atomic E-state index is 0.104. The van der Waals surface area contributed by atoms with Crippen molar-refractivity contribution in [3.63, 3.8) is 0 Å². The van der Waals surface area contributed by atoms with Crippen LogP contribution in [-0.4, -0.2) is 44.8 Å². The van der Waals surface area contributed by atoms with Gasteiger partial charge in [0.15, 0.2) is 11.5 Å². The van der Waals surface area contributed by atoms with Crippen molar-refractivity contribution in [3.8, 4) is 5.75 Å². The van der Waals surface area contributed by atoms with Crippen molar-refractivity contribution in [2.24, 2.45) is 0 Å². The Morgan fingerprint density at radius 3 is 2.97 bits per heavy atom. The third kappa shape index (κ3) is 2.98. The zero-order chi connectivity index (χ0) is 20.0. The predicted octanol–water partition coefficient (Wildman–Crippen LogP) is 2.79. The molecule has 1 aliphatic heterocycles. The number of nitrogens with zero attached hydrogens (tertiary/aromatic N) is 6. The molecule has 1 atom stereocenters. The van der Waals surface area contributed by atoms with Crippen LogP contribution in [0.25, 0.3) is 16.6 Å². The number of nitrogen functional groups attached to an aromatic ring is 1. The van der Waals surface area contributed by atoms with Crippen LogP contribution in [-0.2, 0) is 0 Å². The number of methoxy groups -OCH3 is 1. The lowest BCUT2D eigenvalue weighted by molar-refractivity contribution is 0.419. The highest BCUT2D eigenvalue weighted by Crippen LogP contribution is 2.31. The molecule has 0 spiro atoms. The molecule has 3 aromatic heterocycles. The molecule has 1 saturated heterocycles. The van der Waals surface area contributed by atoms with Crippen LogP contribution in [0.3, 0.4) is 0 Å². The van der Waals surface area contributed by atoms with Gasteiger partial charge in [0.25, 0.3) is 0 Å². The second kappa shape index (κ2) is 6.84. The van der Waals surface area contributed by atoms with Gasteiger partial charge in [-0.2, -0.15) is 4.52 Å².